The molecule has 0 saturated carbocycles. The molecule has 0 spiro atoms. The number of hydrogen-bond acceptors (Lipinski definition) is 3. The highest BCUT2D eigenvalue weighted by atomic mass is 19.4. The largest absolute Gasteiger partial charge is 0.401 e. The fraction of sp³-hybridized carbons (Fsp3) is 0.750. The van der Waals surface area contributed by atoms with Gasteiger partial charge in [-0.1, -0.05) is 0 Å². The molecule has 1 unspecified atom stereocenters. The highest BCUT2D eigenvalue weighted by Gasteiger charge is 2.35. The molecule has 0 aromatic carbocycles. The van der Waals surface area contributed by atoms with Crippen LogP contribution in [0, 0.1) is 5.92 Å². The molecule has 1 amide bonds. The Morgan fingerprint density at radius 1 is 1.17 bits per heavy atom. The van der Waals surface area contributed by atoms with Crippen LogP contribution in [-0.4, -0.2) is 64.4 Å². The molecule has 0 radical (unpaired) electrons. The maximum Gasteiger partial charge on any atom is 0.401 e. The Hall–Kier alpha value is -1.57. The summed E-state index contributed by atoms with van der Waals surface area (Å²) in [5.41, 5.74) is 0. The van der Waals surface area contributed by atoms with Crippen LogP contribution < -0.4 is 0 Å². The number of alkyl halides is 3. The summed E-state index contributed by atoms with van der Waals surface area (Å²) < 4.78 is 39.2. The van der Waals surface area contributed by atoms with E-state index in [1.807, 2.05) is 21.8 Å². The van der Waals surface area contributed by atoms with E-state index in [9.17, 15) is 18.0 Å². The normalized spacial score (nSPS) is 24.3. The summed E-state index contributed by atoms with van der Waals surface area (Å²) in [4.78, 5) is 16.0. The number of likely N-dealkylation sites (tertiary alicyclic amines) is 2. The summed E-state index contributed by atoms with van der Waals surface area (Å²) >= 11 is 0. The summed E-state index contributed by atoms with van der Waals surface area (Å²) in [6, 6.07) is 2.07. The van der Waals surface area contributed by atoms with Crippen LogP contribution in [0.15, 0.2) is 18.5 Å². The SMILES string of the molecule is O=C(C1CCN(CC(F)(F)F)CC1)N1CCCC(n2cccn2)C1. The second-order valence-electron chi connectivity index (χ2n) is 6.73. The smallest absolute Gasteiger partial charge is 0.340 e. The standard InChI is InChI=1S/C16H23F3N4O/c17-16(18,19)12-21-9-4-13(5-10-21)15(24)22-7-1-3-14(11-22)23-8-2-6-20-23/h2,6,8,13-14H,1,3-5,7,9-12H2. The lowest BCUT2D eigenvalue weighted by atomic mass is 9.94. The van der Waals surface area contributed by atoms with E-state index in [0.717, 1.165) is 19.4 Å². The van der Waals surface area contributed by atoms with Gasteiger partial charge < -0.3 is 4.90 Å². The van der Waals surface area contributed by atoms with Gasteiger partial charge in [0.1, 0.15) is 0 Å². The van der Waals surface area contributed by atoms with Crippen molar-refractivity contribution in [2.75, 3.05) is 32.7 Å². The highest BCUT2D eigenvalue weighted by molar-refractivity contribution is 5.79. The summed E-state index contributed by atoms with van der Waals surface area (Å²) in [6.45, 7) is 1.18. The van der Waals surface area contributed by atoms with Crippen molar-refractivity contribution in [2.24, 2.45) is 5.92 Å². The van der Waals surface area contributed by atoms with Gasteiger partial charge in [0.05, 0.1) is 12.6 Å². The number of carbonyl (C=O) groups is 1. The molecule has 24 heavy (non-hydrogen) atoms. The second-order valence-corrected chi connectivity index (χ2v) is 6.73. The second kappa shape index (κ2) is 7.13. The molecule has 3 rings (SSSR count). The molecule has 2 saturated heterocycles. The van der Waals surface area contributed by atoms with Gasteiger partial charge in [-0.15, -0.1) is 0 Å². The predicted molar refractivity (Wildman–Crippen MR) is 82.3 cm³/mol. The van der Waals surface area contributed by atoms with Crippen LogP contribution in [0.5, 0.6) is 0 Å². The van der Waals surface area contributed by atoms with Crippen molar-refractivity contribution in [3.8, 4) is 0 Å². The predicted octanol–water partition coefficient (Wildman–Crippen LogP) is 2.32. The van der Waals surface area contributed by atoms with Crippen LogP contribution in [0.25, 0.3) is 0 Å². The highest BCUT2D eigenvalue weighted by Crippen LogP contribution is 2.27. The summed E-state index contributed by atoms with van der Waals surface area (Å²) in [7, 11) is 0. The minimum absolute atomic E-state index is 0.0958. The fourth-order valence-electron chi connectivity index (χ4n) is 3.72. The first-order valence-electron chi connectivity index (χ1n) is 8.49. The number of halogens is 3. The van der Waals surface area contributed by atoms with Crippen LogP contribution in [0.4, 0.5) is 13.2 Å². The number of nitrogens with zero attached hydrogens (tertiary/aromatic N) is 4. The molecule has 2 aliphatic heterocycles. The topological polar surface area (TPSA) is 41.4 Å². The fourth-order valence-corrected chi connectivity index (χ4v) is 3.72. The molecule has 1 aromatic rings. The van der Waals surface area contributed by atoms with Crippen molar-refractivity contribution < 1.29 is 18.0 Å². The zero-order chi connectivity index (χ0) is 17.2. The molecule has 1 atom stereocenters. The van der Waals surface area contributed by atoms with E-state index in [4.69, 9.17) is 0 Å². The lowest BCUT2D eigenvalue weighted by Crippen LogP contribution is -2.47. The van der Waals surface area contributed by atoms with E-state index in [1.54, 1.807) is 6.20 Å². The lowest BCUT2D eigenvalue weighted by Gasteiger charge is -2.38. The van der Waals surface area contributed by atoms with Crippen LogP contribution in [0.3, 0.4) is 0 Å². The van der Waals surface area contributed by atoms with E-state index >= 15 is 0 Å². The molecule has 2 fully saturated rings. The summed E-state index contributed by atoms with van der Waals surface area (Å²) in [5, 5.41) is 4.26. The third-order valence-corrected chi connectivity index (χ3v) is 4.95. The average Bonchev–Trinajstić information content (AvgIpc) is 3.08. The quantitative estimate of drug-likeness (QED) is 0.845. The Morgan fingerprint density at radius 3 is 2.54 bits per heavy atom. The lowest BCUT2D eigenvalue weighted by molar-refractivity contribution is -0.151. The van der Waals surface area contributed by atoms with Gasteiger partial charge in [0, 0.05) is 31.4 Å². The van der Waals surface area contributed by atoms with Gasteiger partial charge in [-0.25, -0.2) is 0 Å². The van der Waals surface area contributed by atoms with Crippen molar-refractivity contribution in [2.45, 2.75) is 37.9 Å². The summed E-state index contributed by atoms with van der Waals surface area (Å²) in [6.07, 6.45) is 2.43. The third-order valence-electron chi connectivity index (χ3n) is 4.95. The van der Waals surface area contributed by atoms with Gasteiger partial charge in [-0.2, -0.15) is 18.3 Å². The van der Waals surface area contributed by atoms with E-state index in [-0.39, 0.29) is 17.9 Å². The molecule has 0 aliphatic carbocycles. The number of amides is 1. The van der Waals surface area contributed by atoms with Crippen LogP contribution in [0.1, 0.15) is 31.7 Å². The maximum absolute atomic E-state index is 12.7. The first-order valence-corrected chi connectivity index (χ1v) is 8.49. The Balaban J connectivity index is 1.52. The number of rotatable bonds is 3. The van der Waals surface area contributed by atoms with Crippen molar-refractivity contribution >= 4 is 5.91 Å². The molecule has 134 valence electrons. The Bertz CT molecular complexity index is 538. The zero-order valence-electron chi connectivity index (χ0n) is 13.6. The Morgan fingerprint density at radius 2 is 1.92 bits per heavy atom. The van der Waals surface area contributed by atoms with Crippen molar-refractivity contribution in [3.05, 3.63) is 18.5 Å². The van der Waals surface area contributed by atoms with Crippen molar-refractivity contribution in [1.29, 1.82) is 0 Å². The average molecular weight is 344 g/mol. The monoisotopic (exact) mass is 344 g/mol. The van der Waals surface area contributed by atoms with E-state index in [2.05, 4.69) is 5.10 Å². The van der Waals surface area contributed by atoms with Crippen molar-refractivity contribution in [1.82, 2.24) is 19.6 Å². The maximum atomic E-state index is 12.7. The van der Waals surface area contributed by atoms with Crippen LogP contribution in [-0.2, 0) is 4.79 Å². The first kappa shape index (κ1) is 17.3. The Kier molecular flexibility index (Phi) is 5.12. The van der Waals surface area contributed by atoms with Gasteiger partial charge in [-0.3, -0.25) is 14.4 Å². The zero-order valence-corrected chi connectivity index (χ0v) is 13.6. The molecule has 8 heteroatoms. The van der Waals surface area contributed by atoms with E-state index in [0.29, 0.717) is 32.5 Å². The number of aromatic nitrogens is 2. The number of carbonyl (C=O) groups excluding carboxylic acids is 1. The van der Waals surface area contributed by atoms with Gasteiger partial charge in [0.15, 0.2) is 0 Å². The molecule has 3 heterocycles. The van der Waals surface area contributed by atoms with Gasteiger partial charge in [0.2, 0.25) is 5.91 Å². The molecule has 5 nitrogen and oxygen atoms in total. The van der Waals surface area contributed by atoms with Gasteiger partial charge >= 0.3 is 6.18 Å². The van der Waals surface area contributed by atoms with Crippen LogP contribution >= 0.6 is 0 Å². The number of piperidine rings is 2. The molecule has 0 bridgehead atoms. The van der Waals surface area contributed by atoms with E-state index < -0.39 is 12.7 Å². The molecule has 2 aliphatic rings. The number of hydrogen-bond donors (Lipinski definition) is 0. The van der Waals surface area contributed by atoms with Gasteiger partial charge in [0.25, 0.3) is 0 Å². The van der Waals surface area contributed by atoms with Crippen molar-refractivity contribution in [3.63, 3.8) is 0 Å². The minimum Gasteiger partial charge on any atom is -0.340 e. The van der Waals surface area contributed by atoms with Gasteiger partial charge in [-0.05, 0) is 44.8 Å². The molecule has 1 aromatic heterocycles. The molecule has 0 N–H and O–H groups in total. The van der Waals surface area contributed by atoms with Crippen LogP contribution in [0.2, 0.25) is 0 Å². The summed E-state index contributed by atoms with van der Waals surface area (Å²) in [5.74, 6) is -0.0515. The molecular weight excluding hydrogens is 321 g/mol. The minimum atomic E-state index is -4.17. The molecular formula is C16H23F3N4O. The third kappa shape index (κ3) is 4.28. The van der Waals surface area contributed by atoms with E-state index in [1.165, 1.54) is 4.90 Å². The first-order chi connectivity index (χ1) is 11.4. The Labute approximate surface area is 139 Å².